The lowest BCUT2D eigenvalue weighted by Crippen LogP contribution is -2.35. The largest absolute Gasteiger partial charge is 0.446 e. The van der Waals surface area contributed by atoms with E-state index in [4.69, 9.17) is 9.15 Å². The molecule has 0 saturated carbocycles. The number of amides is 1. The number of oxazole rings is 1. The van der Waals surface area contributed by atoms with Crippen LogP contribution < -0.4 is 0 Å². The number of para-hydroxylation sites is 1. The molecule has 1 amide bonds. The van der Waals surface area contributed by atoms with Crippen molar-refractivity contribution in [3.8, 4) is 5.69 Å². The number of hydrogen-bond donors (Lipinski definition) is 1. The second kappa shape index (κ2) is 9.84. The van der Waals surface area contributed by atoms with Crippen molar-refractivity contribution in [2.24, 2.45) is 0 Å². The average molecular weight is 428 g/mol. The topological polar surface area (TPSA) is 107 Å². The molecule has 0 saturated heterocycles. The summed E-state index contributed by atoms with van der Waals surface area (Å²) in [7, 11) is 1.64. The minimum Gasteiger partial charge on any atom is -0.446 e. The number of benzene rings is 1. The Balaban J connectivity index is 1.81. The maximum atomic E-state index is 13.4. The van der Waals surface area contributed by atoms with Gasteiger partial charge in [0.2, 0.25) is 0 Å². The molecule has 0 fully saturated rings. The van der Waals surface area contributed by atoms with Gasteiger partial charge in [0.1, 0.15) is 17.1 Å². The summed E-state index contributed by atoms with van der Waals surface area (Å²) in [5.74, 6) is 0.936. The van der Waals surface area contributed by atoms with Crippen LogP contribution in [0.4, 0.5) is 0 Å². The van der Waals surface area contributed by atoms with E-state index < -0.39 is 5.60 Å². The van der Waals surface area contributed by atoms with Gasteiger partial charge in [-0.3, -0.25) is 4.79 Å². The molecule has 0 aliphatic heterocycles. The van der Waals surface area contributed by atoms with E-state index in [9.17, 15) is 9.90 Å². The van der Waals surface area contributed by atoms with Crippen molar-refractivity contribution in [2.45, 2.75) is 39.2 Å². The Hall–Kier alpha value is -3.04. The van der Waals surface area contributed by atoms with Gasteiger partial charge in [0, 0.05) is 33.2 Å². The number of aryl methyl sites for hydroxylation is 1. The van der Waals surface area contributed by atoms with Crippen LogP contribution in [0.3, 0.4) is 0 Å². The van der Waals surface area contributed by atoms with Gasteiger partial charge >= 0.3 is 0 Å². The van der Waals surface area contributed by atoms with Crippen molar-refractivity contribution in [2.75, 3.05) is 26.8 Å². The summed E-state index contributed by atoms with van der Waals surface area (Å²) in [6.45, 7) is 6.59. The molecular weight excluding hydrogens is 398 g/mol. The lowest BCUT2D eigenvalue weighted by atomic mass is 10.0. The monoisotopic (exact) mass is 427 g/mol. The molecule has 1 aromatic carbocycles. The Bertz CT molecular complexity index is 992. The zero-order chi connectivity index (χ0) is 22.4. The van der Waals surface area contributed by atoms with E-state index in [0.29, 0.717) is 61.1 Å². The Labute approximate surface area is 181 Å². The SMILES string of the molecule is COCCCN(CCc1nc(C(C)(C)O)c(C)o1)C(=O)c1ccccc1-n1nccn1. The van der Waals surface area contributed by atoms with Gasteiger partial charge in [0.15, 0.2) is 5.89 Å². The van der Waals surface area contributed by atoms with Gasteiger partial charge in [-0.2, -0.15) is 15.0 Å². The Morgan fingerprint density at radius 3 is 2.58 bits per heavy atom. The fraction of sp³-hybridized carbons (Fsp3) is 0.455. The molecule has 3 rings (SSSR count). The first-order valence-electron chi connectivity index (χ1n) is 10.2. The second-order valence-corrected chi connectivity index (χ2v) is 7.80. The number of carbonyl (C=O) groups is 1. The van der Waals surface area contributed by atoms with Gasteiger partial charge in [0.05, 0.1) is 23.6 Å². The molecule has 9 nitrogen and oxygen atoms in total. The molecule has 166 valence electrons. The van der Waals surface area contributed by atoms with Crippen molar-refractivity contribution in [1.29, 1.82) is 0 Å². The van der Waals surface area contributed by atoms with Crippen LogP contribution in [0.15, 0.2) is 41.1 Å². The zero-order valence-corrected chi connectivity index (χ0v) is 18.4. The summed E-state index contributed by atoms with van der Waals surface area (Å²) >= 11 is 0. The predicted molar refractivity (Wildman–Crippen MR) is 114 cm³/mol. The number of aromatic nitrogens is 4. The standard InChI is InChI=1S/C22H29N5O4/c1-16-20(22(2,3)29)25-19(31-16)10-14-26(13-7-15-30-4)21(28)17-8-5-6-9-18(17)27-23-11-12-24-27/h5-6,8-9,11-12,29H,7,10,13-15H2,1-4H3. The molecule has 0 radical (unpaired) electrons. The van der Waals surface area contributed by atoms with Crippen LogP contribution in [0.25, 0.3) is 5.69 Å². The number of carbonyl (C=O) groups excluding carboxylic acids is 1. The molecule has 9 heteroatoms. The van der Waals surface area contributed by atoms with Crippen LogP contribution in [0.2, 0.25) is 0 Å². The van der Waals surface area contributed by atoms with Crippen LogP contribution in [-0.2, 0) is 16.8 Å². The summed E-state index contributed by atoms with van der Waals surface area (Å²) in [5.41, 5.74) is 0.549. The normalized spacial score (nSPS) is 11.6. The highest BCUT2D eigenvalue weighted by molar-refractivity contribution is 5.97. The molecule has 0 unspecified atom stereocenters. The number of hydrogen-bond acceptors (Lipinski definition) is 7. The Morgan fingerprint density at radius 2 is 1.94 bits per heavy atom. The first kappa shape index (κ1) is 22.6. The maximum absolute atomic E-state index is 13.4. The molecule has 2 aromatic heterocycles. The molecule has 1 N–H and O–H groups in total. The number of rotatable bonds is 10. The van der Waals surface area contributed by atoms with Crippen molar-refractivity contribution < 1.29 is 19.1 Å². The summed E-state index contributed by atoms with van der Waals surface area (Å²) in [6.07, 6.45) is 4.27. The number of ether oxygens (including phenoxy) is 1. The first-order chi connectivity index (χ1) is 14.8. The smallest absolute Gasteiger partial charge is 0.256 e. The summed E-state index contributed by atoms with van der Waals surface area (Å²) in [6, 6.07) is 7.25. The van der Waals surface area contributed by atoms with Crippen LogP contribution in [-0.4, -0.2) is 62.7 Å². The van der Waals surface area contributed by atoms with Crippen LogP contribution in [0.1, 0.15) is 48.0 Å². The molecule has 0 aliphatic rings. The van der Waals surface area contributed by atoms with Crippen molar-refractivity contribution >= 4 is 5.91 Å². The third-order valence-corrected chi connectivity index (χ3v) is 4.85. The van der Waals surface area contributed by atoms with Crippen molar-refractivity contribution in [1.82, 2.24) is 24.9 Å². The van der Waals surface area contributed by atoms with Gasteiger partial charge in [0.25, 0.3) is 5.91 Å². The van der Waals surface area contributed by atoms with Gasteiger partial charge < -0.3 is 19.2 Å². The molecule has 0 atom stereocenters. The van der Waals surface area contributed by atoms with Crippen LogP contribution in [0.5, 0.6) is 0 Å². The zero-order valence-electron chi connectivity index (χ0n) is 18.4. The molecule has 0 aliphatic carbocycles. The molecule has 0 spiro atoms. The van der Waals surface area contributed by atoms with E-state index in [0.717, 1.165) is 0 Å². The van der Waals surface area contributed by atoms with Crippen LogP contribution >= 0.6 is 0 Å². The number of methoxy groups -OCH3 is 1. The summed E-state index contributed by atoms with van der Waals surface area (Å²) < 4.78 is 10.9. The van der Waals surface area contributed by atoms with E-state index in [-0.39, 0.29) is 5.91 Å². The molecule has 3 aromatic rings. The van der Waals surface area contributed by atoms with Crippen LogP contribution in [0, 0.1) is 6.92 Å². The molecule has 0 bridgehead atoms. The number of aliphatic hydroxyl groups is 1. The highest BCUT2D eigenvalue weighted by Gasteiger charge is 2.25. The van der Waals surface area contributed by atoms with E-state index in [1.54, 1.807) is 51.2 Å². The predicted octanol–water partition coefficient (Wildman–Crippen LogP) is 2.51. The minimum atomic E-state index is -1.09. The molecular formula is C22H29N5O4. The summed E-state index contributed by atoms with van der Waals surface area (Å²) in [4.78, 5) is 21.1. The van der Waals surface area contributed by atoms with E-state index >= 15 is 0 Å². The van der Waals surface area contributed by atoms with Gasteiger partial charge in [-0.05, 0) is 39.3 Å². The van der Waals surface area contributed by atoms with Gasteiger partial charge in [-0.25, -0.2) is 4.98 Å². The first-order valence-corrected chi connectivity index (χ1v) is 10.2. The summed E-state index contributed by atoms with van der Waals surface area (Å²) in [5, 5.41) is 18.6. The van der Waals surface area contributed by atoms with Crippen molar-refractivity contribution in [3.63, 3.8) is 0 Å². The fourth-order valence-corrected chi connectivity index (χ4v) is 3.41. The highest BCUT2D eigenvalue weighted by atomic mass is 16.5. The Kier molecular flexibility index (Phi) is 7.19. The molecule has 2 heterocycles. The lowest BCUT2D eigenvalue weighted by molar-refractivity contribution is 0.0720. The quantitative estimate of drug-likeness (QED) is 0.496. The maximum Gasteiger partial charge on any atom is 0.256 e. The van der Waals surface area contributed by atoms with Gasteiger partial charge in [-0.15, -0.1) is 0 Å². The Morgan fingerprint density at radius 1 is 1.23 bits per heavy atom. The average Bonchev–Trinajstić information content (AvgIpc) is 3.39. The van der Waals surface area contributed by atoms with Gasteiger partial charge in [-0.1, -0.05) is 12.1 Å². The fourth-order valence-electron chi connectivity index (χ4n) is 3.41. The lowest BCUT2D eigenvalue weighted by Gasteiger charge is -2.23. The van der Waals surface area contributed by atoms with E-state index in [1.807, 2.05) is 18.2 Å². The highest BCUT2D eigenvalue weighted by Crippen LogP contribution is 2.23. The molecule has 31 heavy (non-hydrogen) atoms. The van der Waals surface area contributed by atoms with Crippen molar-refractivity contribution in [3.05, 3.63) is 59.6 Å². The second-order valence-electron chi connectivity index (χ2n) is 7.80. The third-order valence-electron chi connectivity index (χ3n) is 4.85. The minimum absolute atomic E-state index is 0.130. The number of nitrogens with zero attached hydrogens (tertiary/aromatic N) is 5. The third kappa shape index (κ3) is 5.56. The van der Waals surface area contributed by atoms with E-state index in [2.05, 4.69) is 15.2 Å². The van der Waals surface area contributed by atoms with E-state index in [1.165, 1.54) is 4.80 Å².